The van der Waals surface area contributed by atoms with Gasteiger partial charge in [-0.3, -0.25) is 14.3 Å². The van der Waals surface area contributed by atoms with E-state index in [9.17, 15) is 40.0 Å². The van der Waals surface area contributed by atoms with Gasteiger partial charge in [0.1, 0.15) is 11.8 Å². The third kappa shape index (κ3) is 5.96. The molecule has 1 heterocycles. The van der Waals surface area contributed by atoms with Gasteiger partial charge in [-0.25, -0.2) is 35.4 Å². The molecule has 0 bridgehead atoms. The van der Waals surface area contributed by atoms with Crippen LogP contribution in [-0.4, -0.2) is 43.4 Å². The van der Waals surface area contributed by atoms with E-state index < -0.39 is 67.5 Å². The lowest BCUT2D eigenvalue weighted by atomic mass is 10.1. The monoisotopic (exact) mass is 547 g/mol. The van der Waals surface area contributed by atoms with Crippen molar-refractivity contribution in [1.82, 2.24) is 15.3 Å². The zero-order chi connectivity index (χ0) is 27.5. The van der Waals surface area contributed by atoms with Crippen LogP contribution in [0.4, 0.5) is 33.3 Å². The highest BCUT2D eigenvalue weighted by atomic mass is 32.2. The first-order chi connectivity index (χ1) is 17.4. The van der Waals surface area contributed by atoms with Crippen LogP contribution in [0, 0.1) is 29.1 Å². The highest BCUT2D eigenvalue weighted by Gasteiger charge is 2.34. The van der Waals surface area contributed by atoms with Gasteiger partial charge in [0, 0.05) is 25.2 Å². The third-order valence-corrected chi connectivity index (χ3v) is 6.22. The number of aromatic nitrogens is 2. The average Bonchev–Trinajstić information content (AvgIpc) is 3.34. The molecule has 0 spiro atoms. The van der Waals surface area contributed by atoms with Crippen molar-refractivity contribution < 1.29 is 44.7 Å². The van der Waals surface area contributed by atoms with E-state index in [2.05, 4.69) is 20.6 Å². The number of rotatable bonds is 9. The minimum absolute atomic E-state index is 0.000295. The number of anilines is 2. The Morgan fingerprint density at radius 1 is 1.05 bits per heavy atom. The summed E-state index contributed by atoms with van der Waals surface area (Å²) in [6.07, 6.45) is 2.79. The van der Waals surface area contributed by atoms with Crippen molar-refractivity contribution in [3.8, 4) is 5.75 Å². The Kier molecular flexibility index (Phi) is 8.00. The zero-order valence-corrected chi connectivity index (χ0v) is 19.8. The van der Waals surface area contributed by atoms with Gasteiger partial charge in [0.25, 0.3) is 10.0 Å². The molecule has 0 fully saturated rings. The molecule has 2 amide bonds. The van der Waals surface area contributed by atoms with Gasteiger partial charge in [-0.15, -0.1) is 0 Å². The van der Waals surface area contributed by atoms with Crippen molar-refractivity contribution in [2.75, 3.05) is 17.1 Å². The summed E-state index contributed by atoms with van der Waals surface area (Å²) in [4.78, 5) is 29.0. The molecule has 0 aliphatic carbocycles. The van der Waals surface area contributed by atoms with Gasteiger partial charge in [0.15, 0.2) is 28.2 Å². The van der Waals surface area contributed by atoms with E-state index in [0.717, 1.165) is 18.2 Å². The van der Waals surface area contributed by atoms with Crippen LogP contribution in [-0.2, 0) is 26.0 Å². The van der Waals surface area contributed by atoms with E-state index in [4.69, 9.17) is 4.74 Å². The van der Waals surface area contributed by atoms with Crippen LogP contribution in [0.5, 0.6) is 5.75 Å². The van der Waals surface area contributed by atoms with Crippen LogP contribution < -0.4 is 20.1 Å². The molecule has 37 heavy (non-hydrogen) atoms. The Morgan fingerprint density at radius 3 is 2.22 bits per heavy atom. The van der Waals surface area contributed by atoms with E-state index in [-0.39, 0.29) is 17.9 Å². The standard InChI is InChI=1S/C21H18F5N5O5S/c1-9(32)29-13(6-11-7-27-8-28-11)21(33)30-12-5-10(3-4-14(12)36-2)31-37(34,35)20-18(25)16(23)15(22)17(24)19(20)26/h3-5,7-8,13,31H,6H2,1-2H3,(H,27,28)(H,29,32)(H,30,33)/t13-/m0/s1. The number of sulfonamides is 1. The van der Waals surface area contributed by atoms with E-state index >= 15 is 0 Å². The fraction of sp³-hybridized carbons (Fsp3) is 0.190. The minimum atomic E-state index is -5.34. The van der Waals surface area contributed by atoms with Crippen molar-refractivity contribution in [2.45, 2.75) is 24.3 Å². The highest BCUT2D eigenvalue weighted by Crippen LogP contribution is 2.32. The number of aromatic amines is 1. The molecule has 1 aromatic heterocycles. The third-order valence-electron chi connectivity index (χ3n) is 4.82. The van der Waals surface area contributed by atoms with Gasteiger partial charge >= 0.3 is 0 Å². The van der Waals surface area contributed by atoms with Gasteiger partial charge < -0.3 is 20.4 Å². The number of carbonyl (C=O) groups excluding carboxylic acids is 2. The largest absolute Gasteiger partial charge is 0.495 e. The average molecular weight is 547 g/mol. The molecule has 2 aromatic carbocycles. The van der Waals surface area contributed by atoms with Gasteiger partial charge in [0.2, 0.25) is 17.6 Å². The molecule has 3 rings (SSSR count). The molecule has 0 radical (unpaired) electrons. The van der Waals surface area contributed by atoms with E-state index in [0.29, 0.717) is 5.69 Å². The van der Waals surface area contributed by atoms with E-state index in [1.165, 1.54) is 26.6 Å². The predicted octanol–water partition coefficient (Wildman–Crippen LogP) is 2.60. The second-order valence-electron chi connectivity index (χ2n) is 7.44. The first-order valence-corrected chi connectivity index (χ1v) is 11.6. The fourth-order valence-corrected chi connectivity index (χ4v) is 4.38. The molecule has 0 unspecified atom stereocenters. The first-order valence-electron chi connectivity index (χ1n) is 10.1. The number of nitrogens with one attached hydrogen (secondary N) is 4. The zero-order valence-electron chi connectivity index (χ0n) is 19.0. The molecular weight excluding hydrogens is 529 g/mol. The Morgan fingerprint density at radius 2 is 1.68 bits per heavy atom. The lowest BCUT2D eigenvalue weighted by Crippen LogP contribution is -2.44. The SMILES string of the molecule is COc1ccc(NS(=O)(=O)c2c(F)c(F)c(F)c(F)c2F)cc1NC(=O)[C@H](Cc1cnc[nH]1)NC(C)=O. The number of amides is 2. The summed E-state index contributed by atoms with van der Waals surface area (Å²) < 4.78 is 100. The molecule has 0 saturated heterocycles. The second kappa shape index (κ2) is 10.8. The number of hydrogen-bond acceptors (Lipinski definition) is 6. The van der Waals surface area contributed by atoms with Crippen molar-refractivity contribution in [3.63, 3.8) is 0 Å². The summed E-state index contributed by atoms with van der Waals surface area (Å²) in [5, 5.41) is 4.87. The summed E-state index contributed by atoms with van der Waals surface area (Å²) in [7, 11) is -4.11. The number of hydrogen-bond donors (Lipinski definition) is 4. The lowest BCUT2D eigenvalue weighted by Gasteiger charge is -2.19. The summed E-state index contributed by atoms with van der Waals surface area (Å²) in [5.74, 6) is -13.8. The number of carbonyl (C=O) groups is 2. The quantitative estimate of drug-likeness (QED) is 0.184. The number of imidazole rings is 1. The second-order valence-corrected chi connectivity index (χ2v) is 9.06. The smallest absolute Gasteiger partial charge is 0.267 e. The summed E-state index contributed by atoms with van der Waals surface area (Å²) in [6, 6.07) is 2.07. The van der Waals surface area contributed by atoms with Crippen LogP contribution in [0.15, 0.2) is 35.6 Å². The number of ether oxygens (including phenoxy) is 1. The molecule has 198 valence electrons. The Hall–Kier alpha value is -4.21. The maximum atomic E-state index is 14.1. The first kappa shape index (κ1) is 27.4. The van der Waals surface area contributed by atoms with Crippen LogP contribution in [0.2, 0.25) is 0 Å². The maximum absolute atomic E-state index is 14.1. The van der Waals surface area contributed by atoms with Gasteiger partial charge in [-0.2, -0.15) is 0 Å². The van der Waals surface area contributed by atoms with E-state index in [1.807, 2.05) is 0 Å². The van der Waals surface area contributed by atoms with Crippen molar-refractivity contribution >= 4 is 33.2 Å². The van der Waals surface area contributed by atoms with E-state index in [1.54, 1.807) is 4.72 Å². The van der Waals surface area contributed by atoms with Crippen molar-refractivity contribution in [2.24, 2.45) is 0 Å². The molecule has 16 heteroatoms. The van der Waals surface area contributed by atoms with Crippen LogP contribution >= 0.6 is 0 Å². The molecule has 0 aliphatic heterocycles. The van der Waals surface area contributed by atoms with Crippen LogP contribution in [0.3, 0.4) is 0 Å². The molecule has 0 saturated carbocycles. The summed E-state index contributed by atoms with van der Waals surface area (Å²) in [5.41, 5.74) is -0.0695. The highest BCUT2D eigenvalue weighted by molar-refractivity contribution is 7.92. The molecule has 4 N–H and O–H groups in total. The van der Waals surface area contributed by atoms with Gasteiger partial charge in [-0.05, 0) is 18.2 Å². The molecular formula is C21H18F5N5O5S. The Bertz CT molecular complexity index is 1420. The number of benzene rings is 2. The topological polar surface area (TPSA) is 142 Å². The number of methoxy groups -OCH3 is 1. The lowest BCUT2D eigenvalue weighted by molar-refractivity contribution is -0.125. The Balaban J connectivity index is 1.93. The molecule has 1 atom stereocenters. The summed E-state index contributed by atoms with van der Waals surface area (Å²) in [6.45, 7) is 1.18. The summed E-state index contributed by atoms with van der Waals surface area (Å²) >= 11 is 0. The fourth-order valence-electron chi connectivity index (χ4n) is 3.19. The van der Waals surface area contributed by atoms with Gasteiger partial charge in [-0.1, -0.05) is 0 Å². The van der Waals surface area contributed by atoms with Crippen LogP contribution in [0.25, 0.3) is 0 Å². The predicted molar refractivity (Wildman–Crippen MR) is 119 cm³/mol. The maximum Gasteiger partial charge on any atom is 0.267 e. The van der Waals surface area contributed by atoms with Crippen molar-refractivity contribution in [1.29, 1.82) is 0 Å². The number of halogens is 5. The minimum Gasteiger partial charge on any atom is -0.495 e. The van der Waals surface area contributed by atoms with Crippen LogP contribution in [0.1, 0.15) is 12.6 Å². The number of nitrogens with zero attached hydrogens (tertiary/aromatic N) is 1. The van der Waals surface area contributed by atoms with Gasteiger partial charge in [0.05, 0.1) is 24.8 Å². The normalized spacial score (nSPS) is 12.1. The molecule has 3 aromatic rings. The van der Waals surface area contributed by atoms with Crippen molar-refractivity contribution in [3.05, 3.63) is 65.5 Å². The molecule has 0 aliphatic rings. The Labute approximate surface area is 206 Å². The number of H-pyrrole nitrogens is 1. The molecule has 10 nitrogen and oxygen atoms in total.